The van der Waals surface area contributed by atoms with Gasteiger partial charge in [-0.3, -0.25) is 0 Å². The average molecular weight is 319 g/mol. The molecule has 0 saturated heterocycles. The number of nitrogens with one attached hydrogen (secondary N) is 1. The van der Waals surface area contributed by atoms with Crippen molar-refractivity contribution in [3.63, 3.8) is 0 Å². The van der Waals surface area contributed by atoms with Crippen LogP contribution in [-0.2, 0) is 6.54 Å². The van der Waals surface area contributed by atoms with E-state index in [1.165, 1.54) is 0 Å². The molecule has 0 saturated carbocycles. The summed E-state index contributed by atoms with van der Waals surface area (Å²) >= 11 is 9.15. The number of halogens is 2. The van der Waals surface area contributed by atoms with Crippen LogP contribution in [-0.4, -0.2) is 13.2 Å². The summed E-state index contributed by atoms with van der Waals surface area (Å²) < 4.78 is 6.64. The SMILES string of the molecule is C=C(Cl)COc1ccc(Br)cc1CNCCC. The molecule has 1 aromatic carbocycles. The summed E-state index contributed by atoms with van der Waals surface area (Å²) in [5.74, 6) is 0.846. The van der Waals surface area contributed by atoms with E-state index in [-0.39, 0.29) is 0 Å². The lowest BCUT2D eigenvalue weighted by Crippen LogP contribution is -2.14. The minimum Gasteiger partial charge on any atom is -0.488 e. The molecule has 2 nitrogen and oxygen atoms in total. The summed E-state index contributed by atoms with van der Waals surface area (Å²) in [7, 11) is 0. The maximum Gasteiger partial charge on any atom is 0.124 e. The predicted octanol–water partition coefficient (Wildman–Crippen LogP) is 4.08. The molecule has 0 aliphatic carbocycles. The van der Waals surface area contributed by atoms with Crippen LogP contribution in [0.15, 0.2) is 34.3 Å². The Balaban J connectivity index is 2.69. The highest BCUT2D eigenvalue weighted by molar-refractivity contribution is 9.10. The van der Waals surface area contributed by atoms with E-state index in [9.17, 15) is 0 Å². The van der Waals surface area contributed by atoms with Crippen LogP contribution in [0.4, 0.5) is 0 Å². The van der Waals surface area contributed by atoms with E-state index in [4.69, 9.17) is 16.3 Å². The second kappa shape index (κ2) is 7.75. The molecule has 0 unspecified atom stereocenters. The van der Waals surface area contributed by atoms with Gasteiger partial charge in [-0.15, -0.1) is 0 Å². The van der Waals surface area contributed by atoms with Gasteiger partial charge in [0.2, 0.25) is 0 Å². The maximum absolute atomic E-state index is 5.69. The molecule has 0 spiro atoms. The highest BCUT2D eigenvalue weighted by Gasteiger charge is 2.04. The average Bonchev–Trinajstić information content (AvgIpc) is 2.28. The molecule has 0 heterocycles. The lowest BCUT2D eigenvalue weighted by Gasteiger charge is -2.12. The van der Waals surface area contributed by atoms with Crippen LogP contribution in [0.25, 0.3) is 0 Å². The molecule has 0 amide bonds. The molecule has 0 radical (unpaired) electrons. The predicted molar refractivity (Wildman–Crippen MR) is 76.6 cm³/mol. The van der Waals surface area contributed by atoms with Crippen molar-refractivity contribution in [1.29, 1.82) is 0 Å². The highest BCUT2D eigenvalue weighted by Crippen LogP contribution is 2.23. The number of rotatable bonds is 7. The monoisotopic (exact) mass is 317 g/mol. The molecule has 0 bridgehead atoms. The Morgan fingerprint density at radius 1 is 1.53 bits per heavy atom. The molecule has 1 aromatic rings. The summed E-state index contributed by atoms with van der Waals surface area (Å²) in [6.07, 6.45) is 1.11. The smallest absolute Gasteiger partial charge is 0.124 e. The summed E-state index contributed by atoms with van der Waals surface area (Å²) in [5.41, 5.74) is 1.12. The third-order valence-electron chi connectivity index (χ3n) is 2.15. The summed E-state index contributed by atoms with van der Waals surface area (Å²) in [4.78, 5) is 0. The van der Waals surface area contributed by atoms with Crippen molar-refractivity contribution < 1.29 is 4.74 Å². The molecule has 0 atom stereocenters. The van der Waals surface area contributed by atoms with E-state index in [0.29, 0.717) is 11.6 Å². The summed E-state index contributed by atoms with van der Waals surface area (Å²) in [6, 6.07) is 5.94. The van der Waals surface area contributed by atoms with Gasteiger partial charge in [-0.25, -0.2) is 0 Å². The Hall–Kier alpha value is -0.510. The first-order chi connectivity index (χ1) is 8.13. The van der Waals surface area contributed by atoms with Crippen molar-refractivity contribution in [1.82, 2.24) is 5.32 Å². The summed E-state index contributed by atoms with van der Waals surface area (Å²) in [6.45, 7) is 7.87. The minimum atomic E-state index is 0.337. The number of hydrogen-bond donors (Lipinski definition) is 1. The van der Waals surface area contributed by atoms with Crippen molar-refractivity contribution in [2.75, 3.05) is 13.2 Å². The van der Waals surface area contributed by atoms with Crippen molar-refractivity contribution in [3.8, 4) is 5.75 Å². The lowest BCUT2D eigenvalue weighted by molar-refractivity contribution is 0.354. The van der Waals surface area contributed by atoms with E-state index >= 15 is 0 Å². The number of ether oxygens (including phenoxy) is 1. The quantitative estimate of drug-likeness (QED) is 0.765. The minimum absolute atomic E-state index is 0.337. The molecule has 0 aromatic heterocycles. The molecule has 4 heteroatoms. The Morgan fingerprint density at radius 3 is 2.94 bits per heavy atom. The Kier molecular flexibility index (Phi) is 6.63. The van der Waals surface area contributed by atoms with Crippen LogP contribution in [0, 0.1) is 0 Å². The van der Waals surface area contributed by atoms with Gasteiger partial charge in [0.05, 0.1) is 0 Å². The van der Waals surface area contributed by atoms with Crippen LogP contribution in [0.1, 0.15) is 18.9 Å². The third kappa shape index (κ3) is 5.57. The molecule has 0 aliphatic rings. The van der Waals surface area contributed by atoms with Gasteiger partial charge in [0.25, 0.3) is 0 Å². The molecule has 1 N–H and O–H groups in total. The molecular weight excluding hydrogens is 302 g/mol. The van der Waals surface area contributed by atoms with Crippen LogP contribution in [0.3, 0.4) is 0 Å². The van der Waals surface area contributed by atoms with E-state index < -0.39 is 0 Å². The second-order valence-electron chi connectivity index (χ2n) is 3.73. The topological polar surface area (TPSA) is 21.3 Å². The molecule has 94 valence electrons. The zero-order valence-corrected chi connectivity index (χ0v) is 12.3. The zero-order chi connectivity index (χ0) is 12.7. The first kappa shape index (κ1) is 14.6. The fraction of sp³-hybridized carbons (Fsp3) is 0.385. The first-order valence-corrected chi connectivity index (χ1v) is 6.75. The van der Waals surface area contributed by atoms with Gasteiger partial charge in [0, 0.05) is 21.6 Å². The Labute approximate surface area is 116 Å². The van der Waals surface area contributed by atoms with Crippen LogP contribution < -0.4 is 10.1 Å². The van der Waals surface area contributed by atoms with Crippen molar-refractivity contribution in [2.45, 2.75) is 19.9 Å². The van der Waals surface area contributed by atoms with Gasteiger partial charge in [0.15, 0.2) is 0 Å². The fourth-order valence-electron chi connectivity index (χ4n) is 1.38. The number of benzene rings is 1. The van der Waals surface area contributed by atoms with Crippen LogP contribution in [0.2, 0.25) is 0 Å². The van der Waals surface area contributed by atoms with Crippen molar-refractivity contribution in [3.05, 3.63) is 39.8 Å². The van der Waals surface area contributed by atoms with E-state index in [1.807, 2.05) is 12.1 Å². The summed E-state index contributed by atoms with van der Waals surface area (Å²) in [5, 5.41) is 3.85. The van der Waals surface area contributed by atoms with Gasteiger partial charge >= 0.3 is 0 Å². The Bertz CT molecular complexity index is 382. The Morgan fingerprint density at radius 2 is 2.29 bits per heavy atom. The molecule has 0 aliphatic heterocycles. The van der Waals surface area contributed by atoms with Crippen LogP contribution in [0.5, 0.6) is 5.75 Å². The second-order valence-corrected chi connectivity index (χ2v) is 5.18. The van der Waals surface area contributed by atoms with E-state index in [2.05, 4.69) is 40.8 Å². The fourth-order valence-corrected chi connectivity index (χ4v) is 1.85. The molecule has 1 rings (SSSR count). The third-order valence-corrected chi connectivity index (χ3v) is 2.75. The largest absolute Gasteiger partial charge is 0.488 e. The zero-order valence-electron chi connectivity index (χ0n) is 9.93. The van der Waals surface area contributed by atoms with Gasteiger partial charge in [-0.05, 0) is 31.2 Å². The maximum atomic E-state index is 5.69. The van der Waals surface area contributed by atoms with E-state index in [1.54, 1.807) is 0 Å². The molecule has 17 heavy (non-hydrogen) atoms. The van der Waals surface area contributed by atoms with Gasteiger partial charge < -0.3 is 10.1 Å². The lowest BCUT2D eigenvalue weighted by atomic mass is 10.2. The first-order valence-electron chi connectivity index (χ1n) is 5.58. The molecular formula is C13H17BrClNO. The normalized spacial score (nSPS) is 10.3. The number of hydrogen-bond acceptors (Lipinski definition) is 2. The van der Waals surface area contributed by atoms with Gasteiger partial charge in [0.1, 0.15) is 12.4 Å². The van der Waals surface area contributed by atoms with Gasteiger partial charge in [-0.2, -0.15) is 0 Å². The van der Waals surface area contributed by atoms with Crippen molar-refractivity contribution in [2.24, 2.45) is 0 Å². The van der Waals surface area contributed by atoms with Crippen molar-refractivity contribution >= 4 is 27.5 Å². The van der Waals surface area contributed by atoms with Crippen LogP contribution >= 0.6 is 27.5 Å². The van der Waals surface area contributed by atoms with E-state index in [0.717, 1.165) is 35.3 Å². The highest BCUT2D eigenvalue weighted by atomic mass is 79.9. The molecule has 0 fully saturated rings. The standard InChI is InChI=1S/C13H17BrClNO/c1-3-6-16-8-11-7-12(14)4-5-13(11)17-9-10(2)15/h4-5,7,16H,2-3,6,8-9H2,1H3. The van der Waals surface area contributed by atoms with Gasteiger partial charge in [-0.1, -0.05) is 41.0 Å².